The molecule has 0 spiro atoms. The van der Waals surface area contributed by atoms with Gasteiger partial charge in [-0.25, -0.2) is 0 Å². The third-order valence-electron chi connectivity index (χ3n) is 1.77. The first-order chi connectivity index (χ1) is 5.68. The summed E-state index contributed by atoms with van der Waals surface area (Å²) in [5, 5.41) is 8.17. The highest BCUT2D eigenvalue weighted by Gasteiger charge is 2.05. The van der Waals surface area contributed by atoms with E-state index in [4.69, 9.17) is 0 Å². The molecular formula is C8H6Br2N2. The number of fused-ring (bicyclic) bond motifs is 1. The van der Waals surface area contributed by atoms with Crippen LogP contribution >= 0.6 is 31.9 Å². The molecule has 2 aromatic rings. The van der Waals surface area contributed by atoms with Crippen LogP contribution in [0.3, 0.4) is 0 Å². The summed E-state index contributed by atoms with van der Waals surface area (Å²) >= 11 is 6.84. The highest BCUT2D eigenvalue weighted by atomic mass is 79.9. The zero-order valence-electron chi connectivity index (χ0n) is 6.36. The first-order valence-electron chi connectivity index (χ1n) is 3.48. The van der Waals surface area contributed by atoms with E-state index in [2.05, 4.69) is 48.1 Å². The van der Waals surface area contributed by atoms with Gasteiger partial charge in [0.15, 0.2) is 0 Å². The molecule has 0 atom stereocenters. The second-order valence-corrected chi connectivity index (χ2v) is 4.37. The molecule has 0 aliphatic heterocycles. The number of aromatic amines is 1. The zero-order chi connectivity index (χ0) is 8.72. The van der Waals surface area contributed by atoms with Gasteiger partial charge in [-0.2, -0.15) is 5.10 Å². The molecule has 0 amide bonds. The van der Waals surface area contributed by atoms with Gasteiger partial charge in [-0.05, 0) is 40.5 Å². The van der Waals surface area contributed by atoms with Gasteiger partial charge in [-0.1, -0.05) is 15.9 Å². The van der Waals surface area contributed by atoms with Gasteiger partial charge < -0.3 is 0 Å². The maximum absolute atomic E-state index is 4.17. The lowest BCUT2D eigenvalue weighted by molar-refractivity contribution is 1.09. The molecule has 0 bridgehead atoms. The van der Waals surface area contributed by atoms with E-state index < -0.39 is 0 Å². The van der Waals surface area contributed by atoms with E-state index in [0.717, 1.165) is 20.0 Å². The van der Waals surface area contributed by atoms with Crippen LogP contribution in [-0.2, 0) is 0 Å². The Morgan fingerprint density at radius 1 is 1.33 bits per heavy atom. The number of nitrogens with one attached hydrogen (secondary N) is 1. The summed E-state index contributed by atoms with van der Waals surface area (Å²) in [5.74, 6) is 0. The summed E-state index contributed by atoms with van der Waals surface area (Å²) in [4.78, 5) is 0. The third kappa shape index (κ3) is 1.19. The average molecular weight is 290 g/mol. The topological polar surface area (TPSA) is 28.7 Å². The van der Waals surface area contributed by atoms with Crippen molar-refractivity contribution in [3.8, 4) is 0 Å². The number of halogens is 2. The van der Waals surface area contributed by atoms with Gasteiger partial charge in [-0.15, -0.1) is 0 Å². The van der Waals surface area contributed by atoms with Crippen molar-refractivity contribution in [3.05, 3.63) is 26.8 Å². The molecule has 0 saturated carbocycles. The number of benzene rings is 1. The van der Waals surface area contributed by atoms with E-state index in [1.165, 1.54) is 5.56 Å². The Balaban J connectivity index is 2.92. The maximum Gasteiger partial charge on any atom is 0.108 e. The molecule has 1 aromatic carbocycles. The fraction of sp³-hybridized carbons (Fsp3) is 0.125. The predicted octanol–water partition coefficient (Wildman–Crippen LogP) is 3.40. The normalized spacial score (nSPS) is 10.9. The standard InChI is InChI=1S/C8H6Br2N2/c1-4-2-5(9)3-6-7(4)11-12-8(6)10/h2-3H,1H3,(H,11,12). The van der Waals surface area contributed by atoms with Crippen LogP contribution in [0.15, 0.2) is 21.2 Å². The van der Waals surface area contributed by atoms with Crippen molar-refractivity contribution in [2.24, 2.45) is 0 Å². The van der Waals surface area contributed by atoms with Crippen LogP contribution in [0.5, 0.6) is 0 Å². The quantitative estimate of drug-likeness (QED) is 0.791. The van der Waals surface area contributed by atoms with Crippen LogP contribution in [0, 0.1) is 6.92 Å². The molecule has 1 heterocycles. The van der Waals surface area contributed by atoms with Gasteiger partial charge in [0, 0.05) is 9.86 Å². The van der Waals surface area contributed by atoms with Crippen molar-refractivity contribution in [1.29, 1.82) is 0 Å². The van der Waals surface area contributed by atoms with Crippen molar-refractivity contribution in [3.63, 3.8) is 0 Å². The smallest absolute Gasteiger partial charge is 0.108 e. The van der Waals surface area contributed by atoms with Gasteiger partial charge in [0.05, 0.1) is 5.52 Å². The van der Waals surface area contributed by atoms with Crippen LogP contribution in [0.4, 0.5) is 0 Å². The van der Waals surface area contributed by atoms with Crippen LogP contribution in [0.25, 0.3) is 10.9 Å². The summed E-state index contributed by atoms with van der Waals surface area (Å²) in [7, 11) is 0. The van der Waals surface area contributed by atoms with Crippen LogP contribution in [0.2, 0.25) is 0 Å². The summed E-state index contributed by atoms with van der Waals surface area (Å²) < 4.78 is 2.01. The third-order valence-corrected chi connectivity index (χ3v) is 2.83. The van der Waals surface area contributed by atoms with Crippen molar-refractivity contribution in [2.45, 2.75) is 6.92 Å². The molecule has 62 valence electrons. The fourth-order valence-corrected chi connectivity index (χ4v) is 2.18. The second kappa shape index (κ2) is 2.85. The summed E-state index contributed by atoms with van der Waals surface area (Å²) in [5.41, 5.74) is 2.19. The van der Waals surface area contributed by atoms with E-state index in [-0.39, 0.29) is 0 Å². The van der Waals surface area contributed by atoms with Crippen molar-refractivity contribution < 1.29 is 0 Å². The highest BCUT2D eigenvalue weighted by molar-refractivity contribution is 9.11. The minimum atomic E-state index is 0.932. The lowest BCUT2D eigenvalue weighted by Crippen LogP contribution is -1.76. The molecule has 12 heavy (non-hydrogen) atoms. The number of nitrogens with zero attached hydrogens (tertiary/aromatic N) is 1. The lowest BCUT2D eigenvalue weighted by atomic mass is 10.2. The van der Waals surface area contributed by atoms with Gasteiger partial charge in [0.2, 0.25) is 0 Å². The highest BCUT2D eigenvalue weighted by Crippen LogP contribution is 2.27. The van der Waals surface area contributed by atoms with Gasteiger partial charge in [-0.3, -0.25) is 5.10 Å². The van der Waals surface area contributed by atoms with E-state index in [9.17, 15) is 0 Å². The molecule has 0 aliphatic rings. The van der Waals surface area contributed by atoms with Crippen LogP contribution < -0.4 is 0 Å². The maximum atomic E-state index is 4.17. The molecule has 4 heteroatoms. The molecule has 0 radical (unpaired) electrons. The molecule has 0 saturated heterocycles. The number of rotatable bonds is 0. The fourth-order valence-electron chi connectivity index (χ4n) is 1.22. The minimum absolute atomic E-state index is 0.932. The Labute approximate surface area is 86.6 Å². The second-order valence-electron chi connectivity index (χ2n) is 2.66. The monoisotopic (exact) mass is 288 g/mol. The number of aromatic nitrogens is 2. The van der Waals surface area contributed by atoms with Crippen molar-refractivity contribution in [2.75, 3.05) is 0 Å². The Kier molecular flexibility index (Phi) is 1.96. The SMILES string of the molecule is Cc1cc(Br)cc2c(Br)[nH]nc12. The minimum Gasteiger partial charge on any atom is -0.270 e. The molecule has 1 N–H and O–H groups in total. The first-order valence-corrected chi connectivity index (χ1v) is 5.07. The van der Waals surface area contributed by atoms with E-state index in [0.29, 0.717) is 0 Å². The van der Waals surface area contributed by atoms with Crippen molar-refractivity contribution >= 4 is 42.8 Å². The summed E-state index contributed by atoms with van der Waals surface area (Å²) in [6.07, 6.45) is 0. The van der Waals surface area contributed by atoms with Crippen LogP contribution in [-0.4, -0.2) is 10.2 Å². The predicted molar refractivity (Wildman–Crippen MR) is 56.2 cm³/mol. The average Bonchev–Trinajstić information content (AvgIpc) is 2.33. The largest absolute Gasteiger partial charge is 0.270 e. The van der Waals surface area contributed by atoms with Crippen molar-refractivity contribution in [1.82, 2.24) is 10.2 Å². The van der Waals surface area contributed by atoms with E-state index >= 15 is 0 Å². The molecule has 0 aliphatic carbocycles. The Morgan fingerprint density at radius 3 is 2.83 bits per heavy atom. The first kappa shape index (κ1) is 8.26. The Hall–Kier alpha value is -0.350. The summed E-state index contributed by atoms with van der Waals surface area (Å²) in [6, 6.07) is 4.09. The molecule has 2 rings (SSSR count). The lowest BCUT2D eigenvalue weighted by Gasteiger charge is -1.95. The van der Waals surface area contributed by atoms with E-state index in [1.807, 2.05) is 13.0 Å². The number of H-pyrrole nitrogens is 1. The molecule has 1 aromatic heterocycles. The van der Waals surface area contributed by atoms with Gasteiger partial charge >= 0.3 is 0 Å². The Bertz CT molecular complexity index is 434. The molecule has 0 unspecified atom stereocenters. The van der Waals surface area contributed by atoms with E-state index in [1.54, 1.807) is 0 Å². The molecule has 2 nitrogen and oxygen atoms in total. The number of aryl methyl sites for hydroxylation is 1. The molecular weight excluding hydrogens is 284 g/mol. The number of hydrogen-bond donors (Lipinski definition) is 1. The van der Waals surface area contributed by atoms with Gasteiger partial charge in [0.25, 0.3) is 0 Å². The van der Waals surface area contributed by atoms with Gasteiger partial charge in [0.1, 0.15) is 4.60 Å². The zero-order valence-corrected chi connectivity index (χ0v) is 9.53. The molecule has 0 fully saturated rings. The van der Waals surface area contributed by atoms with Crippen LogP contribution in [0.1, 0.15) is 5.56 Å². The number of hydrogen-bond acceptors (Lipinski definition) is 1. The summed E-state index contributed by atoms with van der Waals surface area (Å²) in [6.45, 7) is 2.04. The Morgan fingerprint density at radius 2 is 2.08 bits per heavy atom.